The molecule has 0 aliphatic heterocycles. The van der Waals surface area contributed by atoms with Crippen molar-refractivity contribution in [3.63, 3.8) is 0 Å². The molecule has 0 fully saturated rings. The summed E-state index contributed by atoms with van der Waals surface area (Å²) < 4.78 is 1.93. The number of hydrogen-bond donors (Lipinski definition) is 1. The Balaban J connectivity index is 1.67. The number of carbonyl (C=O) groups is 1. The third kappa shape index (κ3) is 2.93. The van der Waals surface area contributed by atoms with Crippen molar-refractivity contribution in [1.29, 1.82) is 0 Å². The summed E-state index contributed by atoms with van der Waals surface area (Å²) in [5.74, 6) is 0.395. The highest BCUT2D eigenvalue weighted by molar-refractivity contribution is 6.34. The second-order valence-electron chi connectivity index (χ2n) is 5.85. The zero-order valence-corrected chi connectivity index (χ0v) is 14.7. The number of anilines is 1. The van der Waals surface area contributed by atoms with Gasteiger partial charge >= 0.3 is 0 Å². The van der Waals surface area contributed by atoms with E-state index >= 15 is 0 Å². The van der Waals surface area contributed by atoms with Crippen LogP contribution in [0, 0.1) is 6.92 Å². The molecule has 5 nitrogen and oxygen atoms in total. The summed E-state index contributed by atoms with van der Waals surface area (Å²) in [6.07, 6.45) is 3.64. The number of amides is 1. The summed E-state index contributed by atoms with van der Waals surface area (Å²) in [5, 5.41) is 3.31. The Morgan fingerprint density at radius 1 is 1.12 bits per heavy atom. The fourth-order valence-corrected chi connectivity index (χ4v) is 3.09. The minimum atomic E-state index is -0.249. The van der Waals surface area contributed by atoms with Crippen LogP contribution in [0.4, 0.5) is 5.69 Å². The number of hydrogen-bond acceptors (Lipinski definition) is 3. The van der Waals surface area contributed by atoms with Gasteiger partial charge in [-0.2, -0.15) is 0 Å². The fraction of sp³-hybridized carbons (Fsp3) is 0.0500. The highest BCUT2D eigenvalue weighted by Crippen LogP contribution is 2.26. The van der Waals surface area contributed by atoms with Crippen molar-refractivity contribution in [2.24, 2.45) is 0 Å². The Kier molecular flexibility index (Phi) is 4.14. The lowest BCUT2D eigenvalue weighted by atomic mass is 10.1. The van der Waals surface area contributed by atoms with Crippen LogP contribution in [-0.2, 0) is 0 Å². The molecule has 0 radical (unpaired) electrons. The molecule has 0 aliphatic rings. The molecular formula is C20H15ClN4O. The van der Waals surface area contributed by atoms with E-state index in [1.807, 2.05) is 47.9 Å². The number of aromatic nitrogens is 3. The first kappa shape index (κ1) is 16.3. The molecule has 0 unspecified atom stereocenters. The minimum Gasteiger partial charge on any atom is -0.322 e. The van der Waals surface area contributed by atoms with E-state index in [2.05, 4.69) is 15.3 Å². The largest absolute Gasteiger partial charge is 0.322 e. The normalized spacial score (nSPS) is 10.8. The van der Waals surface area contributed by atoms with Crippen molar-refractivity contribution in [2.45, 2.75) is 6.92 Å². The summed E-state index contributed by atoms with van der Waals surface area (Å²) in [5.41, 5.74) is 3.84. The maximum atomic E-state index is 12.5. The van der Waals surface area contributed by atoms with E-state index in [1.165, 1.54) is 0 Å². The van der Waals surface area contributed by atoms with Gasteiger partial charge in [-0.3, -0.25) is 9.20 Å². The Morgan fingerprint density at radius 3 is 2.77 bits per heavy atom. The fourth-order valence-electron chi connectivity index (χ4n) is 2.86. The van der Waals surface area contributed by atoms with E-state index in [-0.39, 0.29) is 5.91 Å². The topological polar surface area (TPSA) is 59.3 Å². The van der Waals surface area contributed by atoms with Crippen LogP contribution < -0.4 is 5.32 Å². The van der Waals surface area contributed by atoms with Crippen LogP contribution in [0.5, 0.6) is 0 Å². The van der Waals surface area contributed by atoms with Gasteiger partial charge in [0.25, 0.3) is 5.91 Å². The predicted molar refractivity (Wildman–Crippen MR) is 103 cm³/mol. The number of benzene rings is 2. The summed E-state index contributed by atoms with van der Waals surface area (Å²) in [7, 11) is 0. The van der Waals surface area contributed by atoms with Gasteiger partial charge in [-0.25, -0.2) is 9.97 Å². The first-order valence-corrected chi connectivity index (χ1v) is 8.47. The van der Waals surface area contributed by atoms with Gasteiger partial charge in [-0.1, -0.05) is 35.9 Å². The van der Waals surface area contributed by atoms with Crippen molar-refractivity contribution in [3.05, 3.63) is 83.3 Å². The van der Waals surface area contributed by atoms with Crippen LogP contribution in [0.1, 0.15) is 16.1 Å². The number of nitrogens with zero attached hydrogens (tertiary/aromatic N) is 3. The minimum absolute atomic E-state index is 0.249. The third-order valence-corrected chi connectivity index (χ3v) is 4.48. The highest BCUT2D eigenvalue weighted by atomic mass is 35.5. The van der Waals surface area contributed by atoms with Crippen molar-refractivity contribution >= 4 is 29.0 Å². The molecule has 2 heterocycles. The molecule has 0 atom stereocenters. The smallest absolute Gasteiger partial charge is 0.257 e. The molecule has 4 aromatic rings. The number of imidazole rings is 1. The molecule has 0 bridgehead atoms. The van der Waals surface area contributed by atoms with Crippen LogP contribution >= 0.6 is 11.6 Å². The Labute approximate surface area is 155 Å². The van der Waals surface area contributed by atoms with Gasteiger partial charge in [-0.05, 0) is 37.3 Å². The summed E-state index contributed by atoms with van der Waals surface area (Å²) in [6, 6.07) is 16.4. The second-order valence-corrected chi connectivity index (χ2v) is 6.26. The molecule has 2 aromatic carbocycles. The lowest BCUT2D eigenvalue weighted by Crippen LogP contribution is -2.12. The van der Waals surface area contributed by atoms with Crippen LogP contribution in [0.2, 0.25) is 5.02 Å². The van der Waals surface area contributed by atoms with E-state index in [0.717, 1.165) is 17.0 Å². The van der Waals surface area contributed by atoms with Crippen molar-refractivity contribution in [3.8, 4) is 11.3 Å². The van der Waals surface area contributed by atoms with E-state index < -0.39 is 0 Å². The summed E-state index contributed by atoms with van der Waals surface area (Å²) in [6.45, 7) is 1.99. The Morgan fingerprint density at radius 2 is 1.96 bits per heavy atom. The Hall–Kier alpha value is -3.18. The Bertz CT molecular complexity index is 1120. The van der Waals surface area contributed by atoms with Crippen LogP contribution in [-0.4, -0.2) is 20.3 Å². The van der Waals surface area contributed by atoms with E-state index in [0.29, 0.717) is 22.1 Å². The number of halogens is 1. The molecule has 0 aliphatic carbocycles. The summed E-state index contributed by atoms with van der Waals surface area (Å²) >= 11 is 6.10. The molecule has 0 spiro atoms. The number of carbonyl (C=O) groups excluding carboxylic acids is 1. The zero-order valence-electron chi connectivity index (χ0n) is 14.0. The monoisotopic (exact) mass is 362 g/mol. The van der Waals surface area contributed by atoms with Gasteiger partial charge in [0.15, 0.2) is 0 Å². The molecule has 1 amide bonds. The predicted octanol–water partition coefficient (Wildman–Crippen LogP) is 4.61. The molecule has 26 heavy (non-hydrogen) atoms. The maximum absolute atomic E-state index is 12.5. The molecule has 1 N–H and O–H groups in total. The lowest BCUT2D eigenvalue weighted by molar-refractivity contribution is 0.102. The molecule has 128 valence electrons. The van der Waals surface area contributed by atoms with Gasteiger partial charge in [0, 0.05) is 29.3 Å². The highest BCUT2D eigenvalue weighted by Gasteiger charge is 2.13. The number of nitrogens with one attached hydrogen (secondary N) is 1. The third-order valence-electron chi connectivity index (χ3n) is 4.15. The number of fused-ring (bicyclic) bond motifs is 1. The van der Waals surface area contributed by atoms with E-state index in [4.69, 9.17) is 11.6 Å². The average Bonchev–Trinajstić information content (AvgIpc) is 2.99. The number of rotatable bonds is 3. The standard InChI is InChI=1S/C20H15ClN4O/c1-13-18(24-20-22-10-5-11-25(13)20)14-6-4-7-15(12-14)23-19(26)16-8-2-3-9-17(16)21/h2-12H,1H3,(H,23,26). The van der Waals surface area contributed by atoms with Crippen LogP contribution in [0.25, 0.3) is 17.0 Å². The van der Waals surface area contributed by atoms with E-state index in [1.54, 1.807) is 30.5 Å². The molecule has 0 saturated heterocycles. The first-order valence-electron chi connectivity index (χ1n) is 8.09. The maximum Gasteiger partial charge on any atom is 0.257 e. The van der Waals surface area contributed by atoms with Crippen molar-refractivity contribution in [2.75, 3.05) is 5.32 Å². The second kappa shape index (κ2) is 6.61. The molecule has 2 aromatic heterocycles. The zero-order chi connectivity index (χ0) is 18.1. The van der Waals surface area contributed by atoms with Gasteiger partial charge in [-0.15, -0.1) is 0 Å². The first-order chi connectivity index (χ1) is 12.6. The number of aryl methyl sites for hydroxylation is 1. The van der Waals surface area contributed by atoms with Gasteiger partial charge < -0.3 is 5.32 Å². The van der Waals surface area contributed by atoms with Crippen LogP contribution in [0.3, 0.4) is 0 Å². The van der Waals surface area contributed by atoms with Crippen molar-refractivity contribution in [1.82, 2.24) is 14.4 Å². The van der Waals surface area contributed by atoms with Gasteiger partial charge in [0.05, 0.1) is 16.3 Å². The van der Waals surface area contributed by atoms with Crippen LogP contribution in [0.15, 0.2) is 67.0 Å². The molecule has 6 heteroatoms. The molecular weight excluding hydrogens is 348 g/mol. The SMILES string of the molecule is Cc1c(-c2cccc(NC(=O)c3ccccc3Cl)c2)nc2ncccn12. The summed E-state index contributed by atoms with van der Waals surface area (Å²) in [4.78, 5) is 21.3. The lowest BCUT2D eigenvalue weighted by Gasteiger charge is -2.08. The average molecular weight is 363 g/mol. The van der Waals surface area contributed by atoms with Gasteiger partial charge in [0.1, 0.15) is 0 Å². The van der Waals surface area contributed by atoms with Gasteiger partial charge in [0.2, 0.25) is 5.78 Å². The quantitative estimate of drug-likeness (QED) is 0.579. The van der Waals surface area contributed by atoms with E-state index in [9.17, 15) is 4.79 Å². The molecule has 0 saturated carbocycles. The van der Waals surface area contributed by atoms with Crippen molar-refractivity contribution < 1.29 is 4.79 Å². The molecule has 4 rings (SSSR count).